The van der Waals surface area contributed by atoms with Crippen LogP contribution in [0.15, 0.2) is 41.2 Å². The minimum Gasteiger partial charge on any atom is -0.338 e. The molecule has 24 heavy (non-hydrogen) atoms. The second-order valence-corrected chi connectivity index (χ2v) is 6.46. The van der Waals surface area contributed by atoms with Crippen molar-refractivity contribution in [2.24, 2.45) is 7.05 Å². The molecule has 1 fully saturated rings. The number of rotatable bonds is 4. The molecule has 3 aromatic rings. The van der Waals surface area contributed by atoms with E-state index in [1.54, 1.807) is 0 Å². The Bertz CT molecular complexity index is 837. The highest BCUT2D eigenvalue weighted by Gasteiger charge is 2.28. The summed E-state index contributed by atoms with van der Waals surface area (Å²) in [6.45, 7) is 3.79. The molecule has 2 aromatic heterocycles. The molecule has 0 radical (unpaired) electrons. The summed E-state index contributed by atoms with van der Waals surface area (Å²) in [4.78, 5) is 6.97. The lowest BCUT2D eigenvalue weighted by Gasteiger charge is -2.21. The smallest absolute Gasteiger partial charge is 0.241 e. The van der Waals surface area contributed by atoms with Gasteiger partial charge in [-0.2, -0.15) is 10.1 Å². The van der Waals surface area contributed by atoms with Gasteiger partial charge in [0, 0.05) is 30.4 Å². The Morgan fingerprint density at radius 3 is 3.04 bits per heavy atom. The van der Waals surface area contributed by atoms with E-state index in [0.29, 0.717) is 24.3 Å². The lowest BCUT2D eigenvalue weighted by atomic mass is 10.1. The van der Waals surface area contributed by atoms with E-state index in [2.05, 4.69) is 45.4 Å². The van der Waals surface area contributed by atoms with Crippen LogP contribution in [0.3, 0.4) is 0 Å². The molecule has 0 aliphatic carbocycles. The fourth-order valence-corrected chi connectivity index (χ4v) is 3.40. The van der Waals surface area contributed by atoms with Crippen LogP contribution in [0.5, 0.6) is 0 Å². The minimum atomic E-state index is 0.382. The zero-order chi connectivity index (χ0) is 16.5. The number of likely N-dealkylation sites (tertiary alicyclic amines) is 1. The first-order valence-electron chi connectivity index (χ1n) is 8.31. The van der Waals surface area contributed by atoms with Crippen LogP contribution in [-0.4, -0.2) is 31.4 Å². The van der Waals surface area contributed by atoms with Crippen molar-refractivity contribution in [1.29, 1.82) is 0 Å². The summed E-state index contributed by atoms with van der Waals surface area (Å²) in [5.41, 5.74) is 3.44. The topological polar surface area (TPSA) is 60.0 Å². The quantitative estimate of drug-likeness (QED) is 0.738. The van der Waals surface area contributed by atoms with Crippen molar-refractivity contribution >= 4 is 0 Å². The number of aromatic nitrogens is 4. The molecule has 1 atom stereocenters. The van der Waals surface area contributed by atoms with Crippen LogP contribution in [0.4, 0.5) is 0 Å². The second-order valence-electron chi connectivity index (χ2n) is 6.46. The molecule has 0 N–H and O–H groups in total. The summed E-state index contributed by atoms with van der Waals surface area (Å²) in [5, 5.41) is 8.44. The molecule has 0 spiro atoms. The molecule has 6 nitrogen and oxygen atoms in total. The number of benzene rings is 1. The Balaban J connectivity index is 1.51. The first kappa shape index (κ1) is 15.1. The number of aryl methyl sites for hydroxylation is 2. The highest BCUT2D eigenvalue weighted by atomic mass is 16.5. The lowest BCUT2D eigenvalue weighted by molar-refractivity contribution is 0.212. The average Bonchev–Trinajstić information content (AvgIpc) is 3.28. The maximum Gasteiger partial charge on any atom is 0.241 e. The highest BCUT2D eigenvalue weighted by molar-refractivity contribution is 5.55. The van der Waals surface area contributed by atoms with E-state index in [9.17, 15) is 0 Å². The first-order valence-corrected chi connectivity index (χ1v) is 8.31. The van der Waals surface area contributed by atoms with Crippen molar-refractivity contribution in [2.45, 2.75) is 32.4 Å². The SMILES string of the molecule is Cc1cccc(-c2noc(CN3CCC[C@H]3c3cnn(C)c3)n2)c1. The van der Waals surface area contributed by atoms with E-state index in [4.69, 9.17) is 4.52 Å². The summed E-state index contributed by atoms with van der Waals surface area (Å²) in [5.74, 6) is 1.33. The molecule has 6 heteroatoms. The van der Waals surface area contributed by atoms with E-state index in [0.717, 1.165) is 18.5 Å². The van der Waals surface area contributed by atoms with Crippen LogP contribution in [0, 0.1) is 6.92 Å². The van der Waals surface area contributed by atoms with E-state index in [1.807, 2.05) is 30.1 Å². The van der Waals surface area contributed by atoms with Gasteiger partial charge in [-0.05, 0) is 32.4 Å². The second kappa shape index (κ2) is 6.20. The number of hydrogen-bond donors (Lipinski definition) is 0. The van der Waals surface area contributed by atoms with Gasteiger partial charge in [-0.1, -0.05) is 28.9 Å². The van der Waals surface area contributed by atoms with Crippen molar-refractivity contribution in [1.82, 2.24) is 24.8 Å². The predicted octanol–water partition coefficient (Wildman–Crippen LogP) is 3.12. The third-order valence-electron chi connectivity index (χ3n) is 4.56. The van der Waals surface area contributed by atoms with Crippen molar-refractivity contribution in [2.75, 3.05) is 6.54 Å². The fraction of sp³-hybridized carbons (Fsp3) is 0.389. The lowest BCUT2D eigenvalue weighted by Crippen LogP contribution is -2.22. The molecular formula is C18H21N5O. The van der Waals surface area contributed by atoms with Gasteiger partial charge in [0.2, 0.25) is 11.7 Å². The summed E-state index contributed by atoms with van der Waals surface area (Å²) in [6, 6.07) is 8.54. The van der Waals surface area contributed by atoms with Crippen LogP contribution < -0.4 is 0 Å². The fourth-order valence-electron chi connectivity index (χ4n) is 3.40. The standard InChI is InChI=1S/C18H21N5O/c1-13-5-3-6-14(9-13)18-20-17(24-21-18)12-23-8-4-7-16(23)15-10-19-22(2)11-15/h3,5-6,9-11,16H,4,7-8,12H2,1-2H3/t16-/m0/s1. The average molecular weight is 323 g/mol. The number of nitrogens with zero attached hydrogens (tertiary/aromatic N) is 5. The molecule has 1 aliphatic heterocycles. The normalized spacial score (nSPS) is 18.3. The van der Waals surface area contributed by atoms with E-state index in [1.165, 1.54) is 17.5 Å². The van der Waals surface area contributed by atoms with Crippen molar-refractivity contribution < 1.29 is 4.52 Å². The summed E-state index contributed by atoms with van der Waals surface area (Å²) in [6.07, 6.45) is 6.37. The number of hydrogen-bond acceptors (Lipinski definition) is 5. The predicted molar refractivity (Wildman–Crippen MR) is 90.1 cm³/mol. The van der Waals surface area contributed by atoms with E-state index >= 15 is 0 Å². The Morgan fingerprint density at radius 1 is 1.33 bits per heavy atom. The summed E-state index contributed by atoms with van der Waals surface area (Å²) >= 11 is 0. The molecule has 4 rings (SSSR count). The van der Waals surface area contributed by atoms with Gasteiger partial charge in [0.1, 0.15) is 0 Å². The monoisotopic (exact) mass is 323 g/mol. The third kappa shape index (κ3) is 2.97. The molecule has 124 valence electrons. The molecule has 0 unspecified atom stereocenters. The third-order valence-corrected chi connectivity index (χ3v) is 4.56. The van der Waals surface area contributed by atoms with Gasteiger partial charge in [-0.3, -0.25) is 9.58 Å². The van der Waals surface area contributed by atoms with Gasteiger partial charge in [0.05, 0.1) is 12.7 Å². The zero-order valence-electron chi connectivity index (χ0n) is 14.0. The van der Waals surface area contributed by atoms with Crippen LogP contribution in [0.25, 0.3) is 11.4 Å². The molecule has 1 aromatic carbocycles. The van der Waals surface area contributed by atoms with Gasteiger partial charge in [0.25, 0.3) is 0 Å². The Labute approximate surface area is 141 Å². The van der Waals surface area contributed by atoms with Gasteiger partial charge in [-0.25, -0.2) is 0 Å². The minimum absolute atomic E-state index is 0.382. The van der Waals surface area contributed by atoms with Crippen LogP contribution in [-0.2, 0) is 13.6 Å². The van der Waals surface area contributed by atoms with Crippen molar-refractivity contribution in [3.63, 3.8) is 0 Å². The van der Waals surface area contributed by atoms with Crippen LogP contribution >= 0.6 is 0 Å². The van der Waals surface area contributed by atoms with E-state index in [-0.39, 0.29) is 0 Å². The Morgan fingerprint density at radius 2 is 2.25 bits per heavy atom. The Kier molecular flexibility index (Phi) is 3.90. The molecular weight excluding hydrogens is 302 g/mol. The van der Waals surface area contributed by atoms with Gasteiger partial charge < -0.3 is 4.52 Å². The van der Waals surface area contributed by atoms with Crippen molar-refractivity contribution in [3.8, 4) is 11.4 Å². The maximum absolute atomic E-state index is 5.49. The molecule has 1 saturated heterocycles. The highest BCUT2D eigenvalue weighted by Crippen LogP contribution is 2.32. The zero-order valence-corrected chi connectivity index (χ0v) is 14.0. The van der Waals surface area contributed by atoms with Crippen LogP contribution in [0.1, 0.15) is 35.9 Å². The summed E-state index contributed by atoms with van der Waals surface area (Å²) in [7, 11) is 1.95. The van der Waals surface area contributed by atoms with Gasteiger partial charge in [-0.15, -0.1) is 0 Å². The van der Waals surface area contributed by atoms with Gasteiger partial charge >= 0.3 is 0 Å². The Hall–Kier alpha value is -2.47. The molecule has 1 aliphatic rings. The molecule has 0 saturated carbocycles. The largest absolute Gasteiger partial charge is 0.338 e. The molecule has 0 bridgehead atoms. The summed E-state index contributed by atoms with van der Waals surface area (Å²) < 4.78 is 7.34. The van der Waals surface area contributed by atoms with Gasteiger partial charge in [0.15, 0.2) is 0 Å². The van der Waals surface area contributed by atoms with E-state index < -0.39 is 0 Å². The van der Waals surface area contributed by atoms with Crippen molar-refractivity contribution in [3.05, 3.63) is 53.7 Å². The molecule has 3 heterocycles. The molecule has 0 amide bonds. The van der Waals surface area contributed by atoms with Crippen LogP contribution in [0.2, 0.25) is 0 Å². The first-order chi connectivity index (χ1) is 11.7. The maximum atomic E-state index is 5.49.